The molecule has 1 aliphatic heterocycles. The maximum absolute atomic E-state index is 6.87. The van der Waals surface area contributed by atoms with Gasteiger partial charge in [-0.2, -0.15) is 0 Å². The lowest BCUT2D eigenvalue weighted by Crippen LogP contribution is -2.22. The molecule has 0 spiro atoms. The van der Waals surface area contributed by atoms with Gasteiger partial charge in [-0.05, 0) is 83.1 Å². The minimum atomic E-state index is -0.102. The summed E-state index contributed by atoms with van der Waals surface area (Å²) in [5.74, 6) is 0.410. The van der Waals surface area contributed by atoms with Crippen molar-refractivity contribution in [1.29, 1.82) is 0 Å². The van der Waals surface area contributed by atoms with Crippen LogP contribution in [0.3, 0.4) is 0 Å². The maximum atomic E-state index is 6.87. The maximum Gasteiger partial charge on any atom is 0.0494 e. The zero-order valence-corrected chi connectivity index (χ0v) is 26.7. The van der Waals surface area contributed by atoms with Crippen LogP contribution in [0.1, 0.15) is 82.9 Å². The fourth-order valence-electron chi connectivity index (χ4n) is 6.82. The highest BCUT2D eigenvalue weighted by atomic mass is 79.9. The predicted octanol–water partition coefficient (Wildman–Crippen LogP) is 10.4. The van der Waals surface area contributed by atoms with Crippen molar-refractivity contribution in [2.45, 2.75) is 77.0 Å². The number of para-hydroxylation sites is 1. The third-order valence-electron chi connectivity index (χ3n) is 9.20. The Morgan fingerprint density at radius 2 is 1.63 bits per heavy atom. The lowest BCUT2D eigenvalue weighted by Gasteiger charge is -2.29. The standard InChI is InChI=1S/C38H43BrN2/c1-6-12-27-19-22-30(37(2,3)32-16-8-7-15-31(27)32)23-20-28-13-11-14-29(36(28)40)21-24-35-38(4,5)33-17-9-10-18-34(33)41(35)26-25-39/h6-10,12,15-18,20-27H,11,13-14,19,40H2,1-5H3/b12-6+,23-20+,26-25+,29-21+,35-24+. The molecule has 2 aromatic carbocycles. The summed E-state index contributed by atoms with van der Waals surface area (Å²) in [4.78, 5) is 4.21. The number of halogens is 1. The lowest BCUT2D eigenvalue weighted by atomic mass is 9.75. The first-order valence-electron chi connectivity index (χ1n) is 14.9. The molecule has 2 N–H and O–H groups in total. The van der Waals surface area contributed by atoms with E-state index in [9.17, 15) is 0 Å². The highest BCUT2D eigenvalue weighted by molar-refractivity contribution is 9.11. The number of nitrogens with zero attached hydrogens (tertiary/aromatic N) is 1. The first-order valence-corrected chi connectivity index (χ1v) is 15.8. The van der Waals surface area contributed by atoms with E-state index < -0.39 is 0 Å². The van der Waals surface area contributed by atoms with Gasteiger partial charge in [0.2, 0.25) is 0 Å². The molecule has 0 fully saturated rings. The number of hydrogen-bond acceptors (Lipinski definition) is 2. The quantitative estimate of drug-likeness (QED) is 0.343. The lowest BCUT2D eigenvalue weighted by molar-refractivity contribution is 0.635. The summed E-state index contributed by atoms with van der Waals surface area (Å²) in [6.07, 6.45) is 22.3. The Hall–Kier alpha value is -3.30. The van der Waals surface area contributed by atoms with Crippen molar-refractivity contribution < 1.29 is 0 Å². The average molecular weight is 608 g/mol. The molecular formula is C38H43BrN2. The summed E-state index contributed by atoms with van der Waals surface area (Å²) in [6, 6.07) is 17.6. The largest absolute Gasteiger partial charge is 0.398 e. The van der Waals surface area contributed by atoms with Gasteiger partial charge < -0.3 is 10.6 Å². The molecule has 212 valence electrons. The van der Waals surface area contributed by atoms with Gasteiger partial charge in [0, 0.05) is 40.0 Å². The predicted molar refractivity (Wildman–Crippen MR) is 180 cm³/mol. The summed E-state index contributed by atoms with van der Waals surface area (Å²) in [6.45, 7) is 11.4. The minimum Gasteiger partial charge on any atom is -0.398 e. The van der Waals surface area contributed by atoms with E-state index in [1.165, 1.54) is 44.8 Å². The van der Waals surface area contributed by atoms with Crippen LogP contribution in [-0.2, 0) is 10.8 Å². The van der Waals surface area contributed by atoms with Gasteiger partial charge in [0.25, 0.3) is 0 Å². The molecule has 0 aromatic heterocycles. The molecule has 2 aromatic rings. The number of benzene rings is 2. The summed E-state index contributed by atoms with van der Waals surface area (Å²) in [7, 11) is 0. The smallest absolute Gasteiger partial charge is 0.0494 e. The van der Waals surface area contributed by atoms with Crippen molar-refractivity contribution in [3.05, 3.63) is 147 Å². The van der Waals surface area contributed by atoms with Gasteiger partial charge in [0.1, 0.15) is 0 Å². The fraction of sp³-hybridized carbons (Fsp3) is 0.316. The van der Waals surface area contributed by atoms with E-state index in [0.717, 1.165) is 31.4 Å². The molecule has 0 amide bonds. The van der Waals surface area contributed by atoms with E-state index in [-0.39, 0.29) is 10.8 Å². The van der Waals surface area contributed by atoms with Gasteiger partial charge in [-0.3, -0.25) is 0 Å². The second-order valence-corrected chi connectivity index (χ2v) is 12.9. The molecule has 0 saturated carbocycles. The van der Waals surface area contributed by atoms with Crippen LogP contribution in [0, 0.1) is 0 Å². The Bertz CT molecular complexity index is 1520. The van der Waals surface area contributed by atoms with Crippen molar-refractivity contribution in [2.75, 3.05) is 4.90 Å². The minimum absolute atomic E-state index is 0.0774. The van der Waals surface area contributed by atoms with Crippen molar-refractivity contribution >= 4 is 21.6 Å². The van der Waals surface area contributed by atoms with Gasteiger partial charge in [0.05, 0.1) is 0 Å². The topological polar surface area (TPSA) is 29.3 Å². The van der Waals surface area contributed by atoms with E-state index in [1.54, 1.807) is 0 Å². The number of anilines is 1. The van der Waals surface area contributed by atoms with Gasteiger partial charge in [-0.1, -0.05) is 123 Å². The molecular weight excluding hydrogens is 564 g/mol. The Labute approximate surface area is 255 Å². The Balaban J connectivity index is 1.47. The third kappa shape index (κ3) is 5.49. The SMILES string of the molecule is C/C=C/C1CC=C(/C=C/C2=C(N)C(=C/C=C3/N(/C=C/Br)c4ccccc4C3(C)C)/CCC2)C(C)(C)c2ccccc21. The molecule has 2 nitrogen and oxygen atoms in total. The fourth-order valence-corrected chi connectivity index (χ4v) is 7.06. The number of rotatable bonds is 5. The second-order valence-electron chi connectivity index (χ2n) is 12.4. The van der Waals surface area contributed by atoms with Crippen LogP contribution >= 0.6 is 15.9 Å². The van der Waals surface area contributed by atoms with E-state index in [4.69, 9.17) is 5.73 Å². The normalized spacial score (nSPS) is 24.0. The van der Waals surface area contributed by atoms with E-state index >= 15 is 0 Å². The molecule has 41 heavy (non-hydrogen) atoms. The first-order chi connectivity index (χ1) is 19.7. The molecule has 3 aliphatic rings. The molecule has 1 unspecified atom stereocenters. The van der Waals surface area contributed by atoms with Crippen LogP contribution in [0.5, 0.6) is 0 Å². The van der Waals surface area contributed by atoms with Gasteiger partial charge >= 0.3 is 0 Å². The average Bonchev–Trinajstić information content (AvgIpc) is 3.11. The Morgan fingerprint density at radius 3 is 2.39 bits per heavy atom. The Morgan fingerprint density at radius 1 is 0.902 bits per heavy atom. The van der Waals surface area contributed by atoms with Crippen LogP contribution in [0.15, 0.2) is 130 Å². The van der Waals surface area contributed by atoms with Crippen LogP contribution in [-0.4, -0.2) is 0 Å². The number of fused-ring (bicyclic) bond motifs is 2. The van der Waals surface area contributed by atoms with E-state index in [0.29, 0.717) is 5.92 Å². The number of hydrogen-bond donors (Lipinski definition) is 1. The third-order valence-corrected chi connectivity index (χ3v) is 9.44. The van der Waals surface area contributed by atoms with Gasteiger partial charge in [-0.15, -0.1) is 0 Å². The molecule has 0 bridgehead atoms. The van der Waals surface area contributed by atoms with Crippen LogP contribution in [0.4, 0.5) is 5.69 Å². The molecule has 0 saturated heterocycles. The van der Waals surface area contributed by atoms with E-state index in [2.05, 4.69) is 153 Å². The summed E-state index contributed by atoms with van der Waals surface area (Å²) < 4.78 is 0. The van der Waals surface area contributed by atoms with Gasteiger partial charge in [-0.25, -0.2) is 0 Å². The molecule has 2 aliphatic carbocycles. The van der Waals surface area contributed by atoms with Crippen LogP contribution in [0.2, 0.25) is 0 Å². The monoisotopic (exact) mass is 606 g/mol. The molecule has 3 heteroatoms. The first kappa shape index (κ1) is 29.2. The molecule has 0 radical (unpaired) electrons. The van der Waals surface area contributed by atoms with Crippen molar-refractivity contribution in [3.8, 4) is 0 Å². The van der Waals surface area contributed by atoms with Crippen molar-refractivity contribution in [1.82, 2.24) is 0 Å². The Kier molecular flexibility index (Phi) is 8.47. The zero-order valence-electron chi connectivity index (χ0n) is 25.1. The van der Waals surface area contributed by atoms with Crippen molar-refractivity contribution in [2.24, 2.45) is 5.73 Å². The summed E-state index contributed by atoms with van der Waals surface area (Å²) >= 11 is 3.50. The highest BCUT2D eigenvalue weighted by Crippen LogP contribution is 2.48. The van der Waals surface area contributed by atoms with Crippen molar-refractivity contribution in [3.63, 3.8) is 0 Å². The highest BCUT2D eigenvalue weighted by Gasteiger charge is 2.39. The zero-order chi connectivity index (χ0) is 29.2. The number of nitrogens with two attached hydrogens (primary N) is 1. The summed E-state index contributed by atoms with van der Waals surface area (Å²) in [5.41, 5.74) is 18.1. The number of allylic oxidation sites excluding steroid dienone is 11. The molecule has 5 rings (SSSR count). The van der Waals surface area contributed by atoms with Gasteiger partial charge in [0.15, 0.2) is 0 Å². The molecule has 1 atom stereocenters. The second kappa shape index (κ2) is 11.9. The van der Waals surface area contributed by atoms with E-state index in [1.807, 2.05) is 4.99 Å². The van der Waals surface area contributed by atoms with Crippen LogP contribution < -0.4 is 10.6 Å². The van der Waals surface area contributed by atoms with Crippen LogP contribution in [0.25, 0.3) is 0 Å². The summed E-state index contributed by atoms with van der Waals surface area (Å²) in [5, 5.41) is 0. The molecule has 1 heterocycles.